The smallest absolute Gasteiger partial charge is 0.324 e. The molecule has 0 radical (unpaired) electrons. The number of pyridine rings is 1. The molecule has 4 rings (SSSR count). The number of rotatable bonds is 10. The van der Waals surface area contributed by atoms with Gasteiger partial charge in [0.05, 0.1) is 23.0 Å². The van der Waals surface area contributed by atoms with Crippen molar-refractivity contribution in [2.45, 2.75) is 6.61 Å². The van der Waals surface area contributed by atoms with Crippen LogP contribution in [0.4, 0.5) is 26.9 Å². The highest BCUT2D eigenvalue weighted by molar-refractivity contribution is 6.45. The second-order valence-electron chi connectivity index (χ2n) is 9.15. The lowest BCUT2D eigenvalue weighted by Crippen LogP contribution is -2.34. The number of H-pyrrole nitrogens is 1. The van der Waals surface area contributed by atoms with Crippen molar-refractivity contribution < 1.29 is 19.4 Å². The van der Waals surface area contributed by atoms with Crippen LogP contribution in [0.15, 0.2) is 65.6 Å². The molecule has 0 aliphatic carbocycles. The lowest BCUT2D eigenvalue weighted by molar-refractivity contribution is 0.250. The molecule has 4 aromatic rings. The van der Waals surface area contributed by atoms with Gasteiger partial charge in [-0.3, -0.25) is 20.5 Å². The summed E-state index contributed by atoms with van der Waals surface area (Å²) in [4.78, 5) is 42.9. The largest absolute Gasteiger partial charge is 0.456 e. The van der Waals surface area contributed by atoms with Gasteiger partial charge < -0.3 is 25.4 Å². The summed E-state index contributed by atoms with van der Waals surface area (Å²) in [6.45, 7) is 1.02. The Labute approximate surface area is 250 Å². The average Bonchev–Trinajstić information content (AvgIpc) is 3.32. The Morgan fingerprint density at radius 2 is 1.76 bits per heavy atom. The summed E-state index contributed by atoms with van der Waals surface area (Å²) in [6, 6.07) is 13.0. The number of anilines is 3. The molecule has 0 atom stereocenters. The lowest BCUT2D eigenvalue weighted by Gasteiger charge is -2.14. The molecule has 220 valence electrons. The molecule has 0 bridgehead atoms. The number of aliphatic hydroxyl groups excluding tert-OH is 1. The molecule has 0 unspecified atom stereocenters. The van der Waals surface area contributed by atoms with Crippen molar-refractivity contribution in [3.63, 3.8) is 0 Å². The van der Waals surface area contributed by atoms with Gasteiger partial charge in [0.1, 0.15) is 28.2 Å². The molecule has 0 aliphatic rings. The predicted octanol–water partition coefficient (Wildman–Crippen LogP) is 4.48. The second kappa shape index (κ2) is 13.9. The number of hydrogen-bond donors (Lipinski definition) is 6. The van der Waals surface area contributed by atoms with Crippen molar-refractivity contribution >= 4 is 52.6 Å². The van der Waals surface area contributed by atoms with Crippen molar-refractivity contribution in [1.82, 2.24) is 25.0 Å². The van der Waals surface area contributed by atoms with Crippen LogP contribution in [0.2, 0.25) is 10.0 Å². The molecular weight excluding hydrogens is 587 g/mol. The van der Waals surface area contributed by atoms with Crippen molar-refractivity contribution in [2.24, 2.45) is 0 Å². The zero-order valence-corrected chi connectivity index (χ0v) is 24.1. The molecule has 2 aromatic heterocycles. The number of carbonyl (C=O) groups excluding carboxylic acids is 2. The van der Waals surface area contributed by atoms with Crippen LogP contribution < -0.4 is 31.6 Å². The first-order valence-corrected chi connectivity index (χ1v) is 13.3. The number of nitrogens with zero attached hydrogens (tertiary/aromatic N) is 3. The Balaban J connectivity index is 1.41. The standard InChI is InChI=1S/C27H28Cl2N8O5/c1-36(2)12-11-31-26(40)33-21-13-18(9-10-30-21)42-20-8-7-19(24(28)25(20)29)32-27(41)34-22-14-23(39)35-37(22)17-5-3-16(15-38)4-6-17/h3-10,13-14,38H,11-12,15H2,1-2H3,(H,35,39)(H2,32,34,41)(H2,30,31,33,40). The highest BCUT2D eigenvalue weighted by atomic mass is 35.5. The van der Waals surface area contributed by atoms with Gasteiger partial charge >= 0.3 is 12.1 Å². The molecule has 2 aromatic carbocycles. The number of hydrogen-bond acceptors (Lipinski definition) is 7. The molecule has 15 heteroatoms. The number of likely N-dealkylation sites (N-methyl/N-ethyl adjacent to an activating group) is 1. The highest BCUT2D eigenvalue weighted by Gasteiger charge is 2.16. The highest BCUT2D eigenvalue weighted by Crippen LogP contribution is 2.39. The van der Waals surface area contributed by atoms with Crippen molar-refractivity contribution in [3.05, 3.63) is 86.8 Å². The monoisotopic (exact) mass is 614 g/mol. The van der Waals surface area contributed by atoms with Crippen LogP contribution >= 0.6 is 23.2 Å². The Bertz CT molecular complexity index is 1620. The van der Waals surface area contributed by atoms with E-state index >= 15 is 0 Å². The molecule has 0 aliphatic heterocycles. The number of halogens is 2. The lowest BCUT2D eigenvalue weighted by atomic mass is 10.2. The van der Waals surface area contributed by atoms with E-state index in [2.05, 4.69) is 31.3 Å². The summed E-state index contributed by atoms with van der Waals surface area (Å²) in [6.07, 6.45) is 1.46. The van der Waals surface area contributed by atoms with Crippen LogP contribution in [0.1, 0.15) is 5.56 Å². The summed E-state index contributed by atoms with van der Waals surface area (Å²) >= 11 is 12.9. The molecule has 42 heavy (non-hydrogen) atoms. The third-order valence-corrected chi connectivity index (χ3v) is 6.55. The normalized spacial score (nSPS) is 10.8. The van der Waals surface area contributed by atoms with Crippen molar-refractivity contribution in [3.8, 4) is 17.2 Å². The number of urea groups is 2. The number of amides is 4. The van der Waals surface area contributed by atoms with E-state index in [0.29, 0.717) is 30.1 Å². The fourth-order valence-electron chi connectivity index (χ4n) is 3.64. The van der Waals surface area contributed by atoms with Crippen LogP contribution in [0, 0.1) is 0 Å². The number of ether oxygens (including phenoxy) is 1. The van der Waals surface area contributed by atoms with Gasteiger partial charge in [-0.05, 0) is 50.0 Å². The first-order valence-electron chi connectivity index (χ1n) is 12.5. The summed E-state index contributed by atoms with van der Waals surface area (Å²) in [5.41, 5.74) is 1.01. The summed E-state index contributed by atoms with van der Waals surface area (Å²) < 4.78 is 7.23. The fourth-order valence-corrected chi connectivity index (χ4v) is 4.04. The zero-order valence-electron chi connectivity index (χ0n) is 22.6. The van der Waals surface area contributed by atoms with E-state index in [1.54, 1.807) is 30.3 Å². The summed E-state index contributed by atoms with van der Waals surface area (Å²) in [5, 5.41) is 22.5. The number of nitrogens with one attached hydrogen (secondary N) is 5. The van der Waals surface area contributed by atoms with Crippen molar-refractivity contribution in [2.75, 3.05) is 43.1 Å². The minimum absolute atomic E-state index is 0.0167. The van der Waals surface area contributed by atoms with Crippen LogP contribution in [0.5, 0.6) is 11.5 Å². The van der Waals surface area contributed by atoms with E-state index in [0.717, 1.165) is 0 Å². The van der Waals surface area contributed by atoms with Crippen LogP contribution in [0.3, 0.4) is 0 Å². The van der Waals surface area contributed by atoms with E-state index in [1.165, 1.54) is 35.1 Å². The molecule has 2 heterocycles. The molecule has 0 spiro atoms. The van der Waals surface area contributed by atoms with Gasteiger partial charge in [0.15, 0.2) is 0 Å². The van der Waals surface area contributed by atoms with Gasteiger partial charge in [-0.1, -0.05) is 35.3 Å². The van der Waals surface area contributed by atoms with Gasteiger partial charge in [-0.15, -0.1) is 0 Å². The minimum Gasteiger partial charge on any atom is -0.456 e. The van der Waals surface area contributed by atoms with Crippen molar-refractivity contribution in [1.29, 1.82) is 0 Å². The van der Waals surface area contributed by atoms with Crippen LogP contribution in [-0.2, 0) is 6.61 Å². The Morgan fingerprint density at radius 1 is 1.00 bits per heavy atom. The Hall–Kier alpha value is -4.56. The fraction of sp³-hybridized carbons (Fsp3) is 0.185. The minimum atomic E-state index is -0.685. The van der Waals surface area contributed by atoms with E-state index in [-0.39, 0.29) is 39.7 Å². The van der Waals surface area contributed by atoms with E-state index in [4.69, 9.17) is 27.9 Å². The SMILES string of the molecule is CN(C)CCNC(=O)Nc1cc(Oc2ccc(NC(=O)Nc3cc(=O)[nH]n3-c3ccc(CO)cc3)c(Cl)c2Cl)ccn1. The average molecular weight is 615 g/mol. The molecular formula is C27H28Cl2N8O5. The van der Waals surface area contributed by atoms with Gasteiger partial charge in [0.25, 0.3) is 5.56 Å². The van der Waals surface area contributed by atoms with E-state index < -0.39 is 17.6 Å². The summed E-state index contributed by atoms with van der Waals surface area (Å²) in [5.74, 6) is 0.970. The maximum absolute atomic E-state index is 12.8. The number of benzene rings is 2. The second-order valence-corrected chi connectivity index (χ2v) is 9.90. The quantitative estimate of drug-likeness (QED) is 0.153. The van der Waals surface area contributed by atoms with E-state index in [1.807, 2.05) is 19.0 Å². The summed E-state index contributed by atoms with van der Waals surface area (Å²) in [7, 11) is 3.81. The molecule has 0 fully saturated rings. The van der Waals surface area contributed by atoms with Gasteiger partial charge in [0, 0.05) is 31.4 Å². The zero-order chi connectivity index (χ0) is 30.2. The number of aromatic nitrogens is 3. The third kappa shape index (κ3) is 8.01. The molecule has 6 N–H and O–H groups in total. The molecule has 0 saturated carbocycles. The number of aromatic amines is 1. The predicted molar refractivity (Wildman–Crippen MR) is 161 cm³/mol. The van der Waals surface area contributed by atoms with Crippen LogP contribution in [0.25, 0.3) is 5.69 Å². The maximum Gasteiger partial charge on any atom is 0.324 e. The van der Waals surface area contributed by atoms with Gasteiger partial charge in [0.2, 0.25) is 0 Å². The van der Waals surface area contributed by atoms with Gasteiger partial charge in [-0.25, -0.2) is 19.3 Å². The molecule has 13 nitrogen and oxygen atoms in total. The first kappa shape index (κ1) is 30.4. The molecule has 4 amide bonds. The topological polar surface area (TPSA) is 166 Å². The first-order chi connectivity index (χ1) is 20.1. The maximum atomic E-state index is 12.8. The van der Waals surface area contributed by atoms with Gasteiger partial charge in [-0.2, -0.15) is 0 Å². The van der Waals surface area contributed by atoms with Crippen LogP contribution in [-0.4, -0.2) is 64.0 Å². The number of carbonyl (C=O) groups is 2. The Morgan fingerprint density at radius 3 is 2.48 bits per heavy atom. The molecule has 0 saturated heterocycles. The third-order valence-electron chi connectivity index (χ3n) is 5.69. The Kier molecular flexibility index (Phi) is 10.0. The van der Waals surface area contributed by atoms with E-state index in [9.17, 15) is 19.5 Å². The number of aliphatic hydroxyl groups is 1.